The second-order valence-electron chi connectivity index (χ2n) is 3.27. The van der Waals surface area contributed by atoms with E-state index in [1.54, 1.807) is 4.68 Å². The molecule has 2 N–H and O–H groups in total. The Morgan fingerprint density at radius 2 is 2.23 bits per heavy atom. The number of aromatic nitrogens is 4. The van der Waals surface area contributed by atoms with Crippen molar-refractivity contribution >= 4 is 17.7 Å². The third-order valence-corrected chi connectivity index (χ3v) is 3.38. The zero-order valence-electron chi connectivity index (χ0n) is 7.39. The van der Waals surface area contributed by atoms with Crippen LogP contribution in [0.25, 0.3) is 0 Å². The number of tetrazole rings is 1. The minimum Gasteiger partial charge on any atom is -0.367 e. The predicted octanol–water partition coefficient (Wildman–Crippen LogP) is 0.398. The molecule has 0 aliphatic carbocycles. The maximum atomic E-state index is 5.58. The van der Waals surface area contributed by atoms with Gasteiger partial charge in [-0.1, -0.05) is 5.10 Å². The third-order valence-electron chi connectivity index (χ3n) is 2.33. The molecular formula is C7H13N5S. The van der Waals surface area contributed by atoms with Crippen molar-refractivity contribution in [2.24, 2.45) is 5.92 Å². The lowest BCUT2D eigenvalue weighted by Gasteiger charge is -2.20. The summed E-state index contributed by atoms with van der Waals surface area (Å²) in [6, 6.07) is 0. The van der Waals surface area contributed by atoms with Gasteiger partial charge in [0, 0.05) is 6.54 Å². The molecule has 0 atom stereocenters. The van der Waals surface area contributed by atoms with Crippen LogP contribution >= 0.6 is 11.8 Å². The molecule has 5 nitrogen and oxygen atoms in total. The summed E-state index contributed by atoms with van der Waals surface area (Å²) in [5, 5.41) is 11.0. The molecule has 13 heavy (non-hydrogen) atoms. The monoisotopic (exact) mass is 199 g/mol. The van der Waals surface area contributed by atoms with Gasteiger partial charge in [0.05, 0.1) is 0 Å². The maximum absolute atomic E-state index is 5.58. The molecule has 1 fully saturated rings. The average Bonchev–Trinajstić information content (AvgIpc) is 2.54. The summed E-state index contributed by atoms with van der Waals surface area (Å²) >= 11 is 2.02. The molecule has 1 aliphatic heterocycles. The Labute approximate surface area is 81.1 Å². The highest BCUT2D eigenvalue weighted by Gasteiger charge is 2.15. The van der Waals surface area contributed by atoms with Crippen molar-refractivity contribution in [2.45, 2.75) is 19.4 Å². The van der Waals surface area contributed by atoms with Crippen LogP contribution in [0.4, 0.5) is 5.95 Å². The fourth-order valence-electron chi connectivity index (χ4n) is 1.52. The minimum atomic E-state index is 0.429. The first-order chi connectivity index (χ1) is 6.36. The molecule has 1 aliphatic rings. The fourth-order valence-corrected chi connectivity index (χ4v) is 2.72. The topological polar surface area (TPSA) is 69.6 Å². The number of anilines is 1. The Morgan fingerprint density at radius 1 is 1.46 bits per heavy atom. The summed E-state index contributed by atoms with van der Waals surface area (Å²) in [7, 11) is 0. The van der Waals surface area contributed by atoms with E-state index >= 15 is 0 Å². The van der Waals surface area contributed by atoms with Crippen molar-refractivity contribution in [3.8, 4) is 0 Å². The Hall–Kier alpha value is -0.780. The lowest BCUT2D eigenvalue weighted by atomic mass is 10.0. The number of nitrogens with two attached hydrogens (primary N) is 1. The number of hydrogen-bond donors (Lipinski definition) is 1. The lowest BCUT2D eigenvalue weighted by Crippen LogP contribution is -2.18. The first kappa shape index (κ1) is 8.80. The largest absolute Gasteiger partial charge is 0.367 e. The first-order valence-corrected chi connectivity index (χ1v) is 5.61. The van der Waals surface area contributed by atoms with Crippen molar-refractivity contribution in [1.82, 2.24) is 20.2 Å². The van der Waals surface area contributed by atoms with Gasteiger partial charge in [0.15, 0.2) is 0 Å². The zero-order chi connectivity index (χ0) is 9.10. The summed E-state index contributed by atoms with van der Waals surface area (Å²) in [5.41, 5.74) is 5.58. The highest BCUT2D eigenvalue weighted by molar-refractivity contribution is 7.99. The van der Waals surface area contributed by atoms with Crippen LogP contribution < -0.4 is 5.73 Å². The molecule has 2 heterocycles. The Bertz CT molecular complexity index is 268. The van der Waals surface area contributed by atoms with Gasteiger partial charge in [0.25, 0.3) is 0 Å². The fraction of sp³-hybridized carbons (Fsp3) is 0.857. The highest BCUT2D eigenvalue weighted by Crippen LogP contribution is 2.23. The van der Waals surface area contributed by atoms with E-state index in [0.717, 1.165) is 6.54 Å². The SMILES string of the molecule is Nc1nnnn1CC1CCSCC1. The van der Waals surface area contributed by atoms with Crippen molar-refractivity contribution in [2.75, 3.05) is 17.2 Å². The molecule has 0 unspecified atom stereocenters. The van der Waals surface area contributed by atoms with Crippen LogP contribution in [0.3, 0.4) is 0 Å². The van der Waals surface area contributed by atoms with Gasteiger partial charge in [-0.05, 0) is 40.7 Å². The maximum Gasteiger partial charge on any atom is 0.240 e. The molecule has 6 heteroatoms. The van der Waals surface area contributed by atoms with Crippen molar-refractivity contribution < 1.29 is 0 Å². The standard InChI is InChI=1S/C7H13N5S/c8-7-9-10-11-12(7)5-6-1-3-13-4-2-6/h6H,1-5H2,(H2,8,9,11). The van der Waals surface area contributed by atoms with Crippen LogP contribution in [0.15, 0.2) is 0 Å². The van der Waals surface area contributed by atoms with E-state index < -0.39 is 0 Å². The molecular weight excluding hydrogens is 186 g/mol. The van der Waals surface area contributed by atoms with Crippen LogP contribution in [-0.4, -0.2) is 31.7 Å². The van der Waals surface area contributed by atoms with Crippen molar-refractivity contribution in [3.05, 3.63) is 0 Å². The summed E-state index contributed by atoms with van der Waals surface area (Å²) in [6.07, 6.45) is 2.51. The van der Waals surface area contributed by atoms with Gasteiger partial charge in [-0.15, -0.1) is 0 Å². The molecule has 72 valence electrons. The number of nitrogen functional groups attached to an aromatic ring is 1. The lowest BCUT2D eigenvalue weighted by molar-refractivity contribution is 0.392. The zero-order valence-corrected chi connectivity index (χ0v) is 8.20. The second-order valence-corrected chi connectivity index (χ2v) is 4.50. The molecule has 1 aromatic heterocycles. The number of thioether (sulfide) groups is 1. The van der Waals surface area contributed by atoms with Gasteiger partial charge in [-0.2, -0.15) is 11.8 Å². The molecule has 0 aromatic carbocycles. The molecule has 2 rings (SSSR count). The Morgan fingerprint density at radius 3 is 2.85 bits per heavy atom. The molecule has 0 spiro atoms. The summed E-state index contributed by atoms with van der Waals surface area (Å²) in [5.74, 6) is 3.64. The van der Waals surface area contributed by atoms with Crippen LogP contribution in [-0.2, 0) is 6.54 Å². The van der Waals surface area contributed by atoms with Gasteiger partial charge in [-0.25, -0.2) is 4.68 Å². The van der Waals surface area contributed by atoms with Gasteiger partial charge in [0.1, 0.15) is 0 Å². The second kappa shape index (κ2) is 3.95. The summed E-state index contributed by atoms with van der Waals surface area (Å²) in [6.45, 7) is 0.874. The van der Waals surface area contributed by atoms with E-state index in [9.17, 15) is 0 Å². The summed E-state index contributed by atoms with van der Waals surface area (Å²) < 4.78 is 1.70. The van der Waals surface area contributed by atoms with Crippen LogP contribution in [0.5, 0.6) is 0 Å². The molecule has 1 saturated heterocycles. The van der Waals surface area contributed by atoms with E-state index in [4.69, 9.17) is 5.73 Å². The minimum absolute atomic E-state index is 0.429. The predicted molar refractivity (Wildman–Crippen MR) is 52.3 cm³/mol. The average molecular weight is 199 g/mol. The summed E-state index contributed by atoms with van der Waals surface area (Å²) in [4.78, 5) is 0. The van der Waals surface area contributed by atoms with Gasteiger partial charge in [-0.3, -0.25) is 0 Å². The van der Waals surface area contributed by atoms with Crippen LogP contribution in [0, 0.1) is 5.92 Å². The van der Waals surface area contributed by atoms with E-state index in [0.29, 0.717) is 11.9 Å². The van der Waals surface area contributed by atoms with E-state index in [-0.39, 0.29) is 0 Å². The molecule has 0 bridgehead atoms. The van der Waals surface area contributed by atoms with E-state index in [1.165, 1.54) is 24.3 Å². The highest BCUT2D eigenvalue weighted by atomic mass is 32.2. The quantitative estimate of drug-likeness (QED) is 0.746. The van der Waals surface area contributed by atoms with E-state index in [2.05, 4.69) is 15.5 Å². The van der Waals surface area contributed by atoms with Crippen molar-refractivity contribution in [1.29, 1.82) is 0 Å². The van der Waals surface area contributed by atoms with E-state index in [1.807, 2.05) is 11.8 Å². The Kier molecular flexibility index (Phi) is 2.68. The van der Waals surface area contributed by atoms with Gasteiger partial charge >= 0.3 is 0 Å². The third kappa shape index (κ3) is 2.12. The molecule has 0 radical (unpaired) electrons. The number of nitrogens with zero attached hydrogens (tertiary/aromatic N) is 4. The van der Waals surface area contributed by atoms with Gasteiger partial charge in [0.2, 0.25) is 5.95 Å². The molecule has 0 saturated carbocycles. The van der Waals surface area contributed by atoms with Crippen LogP contribution in [0.2, 0.25) is 0 Å². The normalized spacial score (nSPS) is 19.1. The first-order valence-electron chi connectivity index (χ1n) is 4.45. The molecule has 0 amide bonds. The van der Waals surface area contributed by atoms with Gasteiger partial charge < -0.3 is 5.73 Å². The van der Waals surface area contributed by atoms with Crippen LogP contribution in [0.1, 0.15) is 12.8 Å². The molecule has 1 aromatic rings. The Balaban J connectivity index is 1.93. The number of rotatable bonds is 2. The number of hydrogen-bond acceptors (Lipinski definition) is 5. The smallest absolute Gasteiger partial charge is 0.240 e. The van der Waals surface area contributed by atoms with Crippen molar-refractivity contribution in [3.63, 3.8) is 0 Å².